The minimum absolute atomic E-state index is 0.273. The average Bonchev–Trinajstić information content (AvgIpc) is 2.91. The van der Waals surface area contributed by atoms with Gasteiger partial charge >= 0.3 is 5.97 Å². The lowest BCUT2D eigenvalue weighted by molar-refractivity contribution is -0.115. The SMILES string of the molecule is O=C1NC(=Nc2ccc(O)c(C(=O)O)c2)S/C1=C\c1ccc(Cl)cc1Cl. The van der Waals surface area contributed by atoms with E-state index in [0.717, 1.165) is 11.8 Å². The number of carbonyl (C=O) groups is 2. The third-order valence-corrected chi connectivity index (χ3v) is 4.81. The fraction of sp³-hybridized carbons (Fsp3) is 0. The van der Waals surface area contributed by atoms with E-state index < -0.39 is 5.97 Å². The van der Waals surface area contributed by atoms with E-state index in [1.807, 2.05) is 0 Å². The maximum absolute atomic E-state index is 12.1. The zero-order valence-electron chi connectivity index (χ0n) is 12.9. The molecule has 2 aromatic rings. The molecule has 1 saturated heterocycles. The molecule has 26 heavy (non-hydrogen) atoms. The van der Waals surface area contributed by atoms with Crippen molar-refractivity contribution in [3.63, 3.8) is 0 Å². The van der Waals surface area contributed by atoms with E-state index in [9.17, 15) is 14.7 Å². The number of amidine groups is 1. The number of carbonyl (C=O) groups excluding carboxylic acids is 1. The quantitative estimate of drug-likeness (QED) is 0.657. The van der Waals surface area contributed by atoms with Crippen molar-refractivity contribution in [3.05, 3.63) is 62.5 Å². The summed E-state index contributed by atoms with van der Waals surface area (Å²) in [7, 11) is 0. The molecule has 1 amide bonds. The van der Waals surface area contributed by atoms with Crippen molar-refractivity contribution in [2.45, 2.75) is 0 Å². The monoisotopic (exact) mass is 408 g/mol. The number of hydrogen-bond donors (Lipinski definition) is 3. The maximum Gasteiger partial charge on any atom is 0.339 e. The van der Waals surface area contributed by atoms with Gasteiger partial charge in [0.25, 0.3) is 5.91 Å². The molecule has 2 aromatic carbocycles. The molecule has 0 atom stereocenters. The van der Waals surface area contributed by atoms with Gasteiger partial charge in [0, 0.05) is 10.0 Å². The summed E-state index contributed by atoms with van der Waals surface area (Å²) in [6, 6.07) is 8.82. The number of aromatic carboxylic acids is 1. The molecule has 0 aromatic heterocycles. The Kier molecular flexibility index (Phi) is 5.22. The Labute approximate surface area is 162 Å². The van der Waals surface area contributed by atoms with Crippen LogP contribution in [0.25, 0.3) is 6.08 Å². The van der Waals surface area contributed by atoms with Crippen LogP contribution >= 0.6 is 35.0 Å². The number of halogens is 2. The number of phenols is 1. The molecule has 6 nitrogen and oxygen atoms in total. The van der Waals surface area contributed by atoms with E-state index in [4.69, 9.17) is 28.3 Å². The standard InChI is InChI=1S/C17H10Cl2N2O4S/c18-9-2-1-8(12(19)6-9)5-14-15(23)21-17(26-14)20-10-3-4-13(22)11(7-10)16(24)25/h1-7,22H,(H,24,25)(H,20,21,23)/b14-5-. The van der Waals surface area contributed by atoms with Crippen LogP contribution in [0.15, 0.2) is 46.3 Å². The number of amides is 1. The Hall–Kier alpha value is -2.48. The van der Waals surface area contributed by atoms with Crippen molar-refractivity contribution in [1.82, 2.24) is 5.32 Å². The van der Waals surface area contributed by atoms with Gasteiger partial charge in [-0.05, 0) is 53.7 Å². The van der Waals surface area contributed by atoms with Gasteiger partial charge in [0.05, 0.1) is 10.6 Å². The van der Waals surface area contributed by atoms with Crippen LogP contribution in [0.2, 0.25) is 10.0 Å². The number of nitrogens with zero attached hydrogens (tertiary/aromatic N) is 1. The van der Waals surface area contributed by atoms with Crippen LogP contribution in [0.4, 0.5) is 5.69 Å². The van der Waals surface area contributed by atoms with Gasteiger partial charge in [-0.1, -0.05) is 29.3 Å². The van der Waals surface area contributed by atoms with Gasteiger partial charge in [0.15, 0.2) is 5.17 Å². The lowest BCUT2D eigenvalue weighted by Gasteiger charge is -2.01. The largest absolute Gasteiger partial charge is 0.507 e. The average molecular weight is 409 g/mol. The van der Waals surface area contributed by atoms with Crippen LogP contribution in [0, 0.1) is 0 Å². The normalized spacial score (nSPS) is 16.9. The summed E-state index contributed by atoms with van der Waals surface area (Å²) in [4.78, 5) is 27.7. The molecule has 132 valence electrons. The van der Waals surface area contributed by atoms with Gasteiger partial charge in [-0.2, -0.15) is 0 Å². The summed E-state index contributed by atoms with van der Waals surface area (Å²) in [5.41, 5.74) is 0.645. The Balaban J connectivity index is 1.88. The van der Waals surface area contributed by atoms with Crippen molar-refractivity contribution in [2.24, 2.45) is 4.99 Å². The number of rotatable bonds is 3. The first kappa shape index (κ1) is 18.3. The third-order valence-electron chi connectivity index (χ3n) is 3.34. The second-order valence-corrected chi connectivity index (χ2v) is 7.03. The summed E-state index contributed by atoms with van der Waals surface area (Å²) >= 11 is 13.0. The van der Waals surface area contributed by atoms with E-state index >= 15 is 0 Å². The summed E-state index contributed by atoms with van der Waals surface area (Å²) in [5, 5.41) is 22.3. The zero-order valence-corrected chi connectivity index (χ0v) is 15.2. The second kappa shape index (κ2) is 7.41. The maximum atomic E-state index is 12.1. The van der Waals surface area contributed by atoms with Crippen LogP contribution in [0.1, 0.15) is 15.9 Å². The fourth-order valence-electron chi connectivity index (χ4n) is 2.12. The molecule has 0 bridgehead atoms. The lowest BCUT2D eigenvalue weighted by atomic mass is 10.2. The number of thioether (sulfide) groups is 1. The Bertz CT molecular complexity index is 989. The number of hydrogen-bond acceptors (Lipinski definition) is 5. The van der Waals surface area contributed by atoms with Crippen molar-refractivity contribution in [3.8, 4) is 5.75 Å². The number of nitrogens with one attached hydrogen (secondary N) is 1. The molecule has 3 rings (SSSR count). The van der Waals surface area contributed by atoms with E-state index in [2.05, 4.69) is 10.3 Å². The number of carboxylic acids is 1. The van der Waals surface area contributed by atoms with Crippen LogP contribution < -0.4 is 5.32 Å². The molecule has 1 fully saturated rings. The smallest absolute Gasteiger partial charge is 0.339 e. The minimum atomic E-state index is -1.27. The first-order chi connectivity index (χ1) is 12.3. The van der Waals surface area contributed by atoms with Crippen LogP contribution in [-0.4, -0.2) is 27.3 Å². The molecular weight excluding hydrogens is 399 g/mol. The highest BCUT2D eigenvalue weighted by molar-refractivity contribution is 8.18. The number of carboxylic acid groups (broad SMARTS) is 1. The van der Waals surface area contributed by atoms with Crippen LogP contribution in [0.3, 0.4) is 0 Å². The van der Waals surface area contributed by atoms with Gasteiger partial charge in [-0.25, -0.2) is 9.79 Å². The van der Waals surface area contributed by atoms with Gasteiger partial charge in [-0.15, -0.1) is 0 Å². The van der Waals surface area contributed by atoms with Gasteiger partial charge in [0.2, 0.25) is 0 Å². The first-order valence-electron chi connectivity index (χ1n) is 7.14. The molecule has 9 heteroatoms. The van der Waals surface area contributed by atoms with Gasteiger partial charge in [0.1, 0.15) is 11.3 Å². The minimum Gasteiger partial charge on any atom is -0.507 e. The molecule has 0 aliphatic carbocycles. The zero-order chi connectivity index (χ0) is 18.8. The highest BCUT2D eigenvalue weighted by atomic mass is 35.5. The summed E-state index contributed by atoms with van der Waals surface area (Å²) < 4.78 is 0. The molecule has 1 aliphatic heterocycles. The van der Waals surface area contributed by atoms with Crippen molar-refractivity contribution in [1.29, 1.82) is 0 Å². The van der Waals surface area contributed by atoms with Crippen LogP contribution in [0.5, 0.6) is 5.75 Å². The summed E-state index contributed by atoms with van der Waals surface area (Å²) in [6.07, 6.45) is 1.61. The molecular formula is C17H10Cl2N2O4S. The number of aliphatic imine (C=N–C) groups is 1. The second-order valence-electron chi connectivity index (χ2n) is 5.15. The summed E-state index contributed by atoms with van der Waals surface area (Å²) in [5.74, 6) is -1.98. The van der Waals surface area contributed by atoms with E-state index in [-0.39, 0.29) is 28.1 Å². The highest BCUT2D eigenvalue weighted by Crippen LogP contribution is 2.31. The first-order valence-corrected chi connectivity index (χ1v) is 8.71. The Morgan fingerprint density at radius 1 is 1.19 bits per heavy atom. The van der Waals surface area contributed by atoms with Crippen molar-refractivity contribution >= 4 is 63.8 Å². The molecule has 1 aliphatic rings. The topological polar surface area (TPSA) is 99.0 Å². The lowest BCUT2D eigenvalue weighted by Crippen LogP contribution is -2.19. The highest BCUT2D eigenvalue weighted by Gasteiger charge is 2.24. The Morgan fingerprint density at radius 3 is 2.65 bits per heavy atom. The van der Waals surface area contributed by atoms with E-state index in [0.29, 0.717) is 20.5 Å². The van der Waals surface area contributed by atoms with Crippen molar-refractivity contribution < 1.29 is 19.8 Å². The molecule has 1 heterocycles. The predicted octanol–water partition coefficient (Wildman–Crippen LogP) is 4.29. The molecule has 0 saturated carbocycles. The molecule has 0 radical (unpaired) electrons. The van der Waals surface area contributed by atoms with Crippen LogP contribution in [-0.2, 0) is 4.79 Å². The molecule has 0 spiro atoms. The number of benzene rings is 2. The summed E-state index contributed by atoms with van der Waals surface area (Å²) in [6.45, 7) is 0. The number of aromatic hydroxyl groups is 1. The molecule has 0 unspecified atom stereocenters. The Morgan fingerprint density at radius 2 is 1.96 bits per heavy atom. The van der Waals surface area contributed by atoms with Crippen molar-refractivity contribution in [2.75, 3.05) is 0 Å². The van der Waals surface area contributed by atoms with E-state index in [1.54, 1.807) is 24.3 Å². The van der Waals surface area contributed by atoms with E-state index in [1.165, 1.54) is 18.2 Å². The van der Waals surface area contributed by atoms with Gasteiger partial charge in [-0.3, -0.25) is 4.79 Å². The van der Waals surface area contributed by atoms with Gasteiger partial charge < -0.3 is 15.5 Å². The predicted molar refractivity (Wildman–Crippen MR) is 102 cm³/mol. The fourth-order valence-corrected chi connectivity index (χ4v) is 3.42. The molecule has 3 N–H and O–H groups in total. The third kappa shape index (κ3) is 4.01.